The van der Waals surface area contributed by atoms with Crippen LogP contribution in [0.2, 0.25) is 0 Å². The maximum atomic E-state index is 11.0. The predicted molar refractivity (Wildman–Crippen MR) is 75.3 cm³/mol. The molecule has 0 rings (SSSR count). The van der Waals surface area contributed by atoms with Crippen molar-refractivity contribution >= 4 is 20.6 Å². The summed E-state index contributed by atoms with van der Waals surface area (Å²) in [4.78, 5) is 0. The molecule has 0 saturated heterocycles. The molecule has 0 aliphatic heterocycles. The molecule has 0 radical (unpaired) electrons. The Labute approximate surface area is 120 Å². The summed E-state index contributed by atoms with van der Waals surface area (Å²) in [5.74, 6) is 0.839. The van der Waals surface area contributed by atoms with E-state index < -0.39 is 20.6 Å². The third kappa shape index (κ3) is 9.09. The van der Waals surface area contributed by atoms with Gasteiger partial charge in [0.05, 0.1) is 0 Å². The first-order chi connectivity index (χ1) is 8.65. The van der Waals surface area contributed by atoms with Crippen molar-refractivity contribution in [2.24, 2.45) is 0 Å². The molecule has 3 nitrogen and oxygen atoms in total. The topological polar surface area (TPSA) is 46.5 Å². The van der Waals surface area contributed by atoms with Crippen LogP contribution in [0.25, 0.3) is 0 Å². The first-order valence-corrected chi connectivity index (χ1v) is 10.9. The molecule has 0 atom stereocenters. The van der Waals surface area contributed by atoms with Gasteiger partial charge in [0.1, 0.15) is 0 Å². The van der Waals surface area contributed by atoms with Gasteiger partial charge in [-0.15, -0.1) is 0 Å². The molecule has 0 bridgehead atoms. The molecule has 0 fully saturated rings. The minimum atomic E-state index is -3.73. The van der Waals surface area contributed by atoms with E-state index in [2.05, 4.69) is 20.8 Å². The van der Waals surface area contributed by atoms with Gasteiger partial charge in [0.15, 0.2) is 0 Å². The van der Waals surface area contributed by atoms with Gasteiger partial charge in [-0.1, -0.05) is 0 Å². The second-order valence-corrected chi connectivity index (χ2v) is 6.81. The number of allylic oxidation sites excluding steroid dienone is 2. The van der Waals surface area contributed by atoms with Gasteiger partial charge < -0.3 is 0 Å². The molecule has 1 N–H and O–H groups in total. The number of hydrogen-bond acceptors (Lipinski definition) is 2. The van der Waals surface area contributed by atoms with Crippen LogP contribution >= 0.6 is 0 Å². The first kappa shape index (κ1) is 18.1. The predicted octanol–water partition coefficient (Wildman–Crippen LogP) is 4.24. The third-order valence-corrected chi connectivity index (χ3v) is 4.23. The normalized spacial score (nSPS) is 10.2. The summed E-state index contributed by atoms with van der Waals surface area (Å²) in [6.45, 7) is 6.47. The van der Waals surface area contributed by atoms with Crippen LogP contribution in [0.5, 0.6) is 0 Å². The molecule has 0 saturated carbocycles. The molecule has 0 spiro atoms. The summed E-state index contributed by atoms with van der Waals surface area (Å²) in [6.07, 6.45) is 9.57. The van der Waals surface area contributed by atoms with E-state index in [-0.39, 0.29) is 0 Å². The Morgan fingerprint density at radius 2 is 1.39 bits per heavy atom. The van der Waals surface area contributed by atoms with E-state index in [0.29, 0.717) is 0 Å². The van der Waals surface area contributed by atoms with Crippen molar-refractivity contribution in [3.63, 3.8) is 0 Å². The molecular formula is C14H28O3Sn. The fourth-order valence-electron chi connectivity index (χ4n) is 1.93. The quantitative estimate of drug-likeness (QED) is 0.441. The van der Waals surface area contributed by atoms with E-state index in [1.807, 2.05) is 0 Å². The molecular weight excluding hydrogens is 335 g/mol. The monoisotopic (exact) mass is 364 g/mol. The van der Waals surface area contributed by atoms with Crippen molar-refractivity contribution in [1.29, 1.82) is 0 Å². The van der Waals surface area contributed by atoms with Gasteiger partial charge in [-0.25, -0.2) is 0 Å². The molecule has 0 aliphatic carbocycles. The van der Waals surface area contributed by atoms with Crippen molar-refractivity contribution in [2.45, 2.75) is 78.6 Å². The Morgan fingerprint density at radius 1 is 0.944 bits per heavy atom. The van der Waals surface area contributed by atoms with Crippen LogP contribution in [0.3, 0.4) is 0 Å². The Hall–Kier alpha value is 0.0987. The van der Waals surface area contributed by atoms with Gasteiger partial charge in [-0.2, -0.15) is 0 Å². The van der Waals surface area contributed by atoms with Gasteiger partial charge in [0.2, 0.25) is 0 Å². The van der Waals surface area contributed by atoms with Crippen molar-refractivity contribution < 1.29 is 9.59 Å². The fraction of sp³-hybridized carbons (Fsp3) is 0.857. The standard InChI is InChI=1S/C14H28O.H2O.O.Sn/c1-4-7-10-13(11-8-5-2)14(15)12-9-6-3;;;/h15H,4-12H2,1-3H3;1H2;;/q;;;+2/p-2. The van der Waals surface area contributed by atoms with Crippen molar-refractivity contribution in [1.82, 2.24) is 0 Å². The van der Waals surface area contributed by atoms with E-state index in [9.17, 15) is 3.08 Å². The summed E-state index contributed by atoms with van der Waals surface area (Å²) in [6, 6.07) is 0. The van der Waals surface area contributed by atoms with E-state index in [0.717, 1.165) is 63.5 Å². The van der Waals surface area contributed by atoms with Crippen LogP contribution < -0.4 is 0 Å². The van der Waals surface area contributed by atoms with Crippen LogP contribution in [0.1, 0.15) is 78.6 Å². The Bertz CT molecular complexity index is 252. The summed E-state index contributed by atoms with van der Waals surface area (Å²) < 4.78 is 25.4. The minimum absolute atomic E-state index is 0.826. The summed E-state index contributed by atoms with van der Waals surface area (Å²) in [5, 5.41) is 0. The molecule has 0 unspecified atom stereocenters. The average molecular weight is 363 g/mol. The molecule has 4 heteroatoms. The zero-order chi connectivity index (χ0) is 13.8. The van der Waals surface area contributed by atoms with Gasteiger partial charge >= 0.3 is 120 Å². The van der Waals surface area contributed by atoms with Crippen molar-refractivity contribution in [3.05, 3.63) is 11.3 Å². The molecule has 18 heavy (non-hydrogen) atoms. The van der Waals surface area contributed by atoms with E-state index in [1.165, 1.54) is 5.57 Å². The van der Waals surface area contributed by atoms with E-state index >= 15 is 0 Å². The third-order valence-electron chi connectivity index (χ3n) is 3.03. The summed E-state index contributed by atoms with van der Waals surface area (Å²) in [7, 11) is 0. The number of rotatable bonds is 11. The summed E-state index contributed by atoms with van der Waals surface area (Å²) >= 11 is -3.73. The Kier molecular flexibility index (Phi) is 12.2. The van der Waals surface area contributed by atoms with Crippen LogP contribution in [0, 0.1) is 0 Å². The summed E-state index contributed by atoms with van der Waals surface area (Å²) in [5.41, 5.74) is 1.29. The zero-order valence-corrected chi connectivity index (χ0v) is 15.0. The Morgan fingerprint density at radius 3 is 1.78 bits per heavy atom. The molecule has 106 valence electrons. The average Bonchev–Trinajstić information content (AvgIpc) is 2.34. The van der Waals surface area contributed by atoms with Crippen LogP contribution in [-0.4, -0.2) is 24.0 Å². The van der Waals surface area contributed by atoms with E-state index in [1.54, 1.807) is 0 Å². The zero-order valence-electron chi connectivity index (χ0n) is 12.1. The molecule has 0 heterocycles. The first-order valence-electron chi connectivity index (χ1n) is 7.27. The fourth-order valence-corrected chi connectivity index (χ4v) is 3.23. The molecule has 0 aliphatic rings. The molecule has 0 aromatic rings. The van der Waals surface area contributed by atoms with Crippen LogP contribution in [0.4, 0.5) is 0 Å². The van der Waals surface area contributed by atoms with Crippen LogP contribution in [0.15, 0.2) is 11.3 Å². The Balaban J connectivity index is 4.76. The maximum absolute atomic E-state index is 11.0. The number of unbranched alkanes of at least 4 members (excludes halogenated alkanes) is 3. The van der Waals surface area contributed by atoms with Crippen molar-refractivity contribution in [2.75, 3.05) is 0 Å². The molecule has 0 amide bonds. The second-order valence-electron chi connectivity index (χ2n) is 4.71. The second kappa shape index (κ2) is 12.1. The van der Waals surface area contributed by atoms with Gasteiger partial charge in [0.25, 0.3) is 0 Å². The van der Waals surface area contributed by atoms with E-state index in [4.69, 9.17) is 6.52 Å². The SMILES string of the molecule is CCCCC(CCCC)=C(CCCC)[O][Sn](=[O])[OH]. The molecule has 0 aromatic heterocycles. The van der Waals surface area contributed by atoms with Gasteiger partial charge in [-0.05, 0) is 0 Å². The van der Waals surface area contributed by atoms with Gasteiger partial charge in [-0.3, -0.25) is 0 Å². The molecule has 0 aromatic carbocycles. The number of hydrogen-bond donors (Lipinski definition) is 1. The van der Waals surface area contributed by atoms with Gasteiger partial charge in [0, 0.05) is 0 Å². The van der Waals surface area contributed by atoms with Crippen LogP contribution in [-0.2, 0) is 6.15 Å². The van der Waals surface area contributed by atoms with Crippen molar-refractivity contribution in [3.8, 4) is 0 Å².